The Kier molecular flexibility index (Phi) is 5.04. The summed E-state index contributed by atoms with van der Waals surface area (Å²) in [5.41, 5.74) is 6.06. The van der Waals surface area contributed by atoms with Crippen molar-refractivity contribution in [3.63, 3.8) is 0 Å². The van der Waals surface area contributed by atoms with Gasteiger partial charge in [0, 0.05) is 17.6 Å². The highest BCUT2D eigenvalue weighted by Crippen LogP contribution is 2.26. The molecule has 1 aromatic rings. The van der Waals surface area contributed by atoms with Crippen molar-refractivity contribution in [2.24, 2.45) is 17.6 Å². The summed E-state index contributed by atoms with van der Waals surface area (Å²) < 4.78 is 0.771. The fourth-order valence-corrected chi connectivity index (χ4v) is 3.38. The van der Waals surface area contributed by atoms with Crippen LogP contribution in [0.25, 0.3) is 0 Å². The van der Waals surface area contributed by atoms with Crippen LogP contribution in [0.5, 0.6) is 0 Å². The third-order valence-electron chi connectivity index (χ3n) is 4.09. The summed E-state index contributed by atoms with van der Waals surface area (Å²) >= 11 is 3.35. The zero-order valence-corrected chi connectivity index (χ0v) is 14.0. The van der Waals surface area contributed by atoms with Gasteiger partial charge in [-0.1, -0.05) is 36.2 Å². The van der Waals surface area contributed by atoms with E-state index >= 15 is 0 Å². The molecule has 0 bridgehead atoms. The van der Waals surface area contributed by atoms with Gasteiger partial charge in [0.15, 0.2) is 0 Å². The molecule has 1 saturated heterocycles. The lowest BCUT2D eigenvalue weighted by Gasteiger charge is -2.36. The van der Waals surface area contributed by atoms with Crippen molar-refractivity contribution in [2.45, 2.75) is 26.7 Å². The van der Waals surface area contributed by atoms with Crippen LogP contribution >= 0.6 is 15.9 Å². The summed E-state index contributed by atoms with van der Waals surface area (Å²) in [5, 5.41) is 0. The number of nitrogens with zero attached hydrogens (tertiary/aromatic N) is 1. The Bertz CT molecular complexity index is 559. The Labute approximate surface area is 133 Å². The zero-order chi connectivity index (χ0) is 15.6. The third kappa shape index (κ3) is 3.64. The Hall–Kier alpha value is -1.36. The number of piperidine rings is 1. The molecule has 2 N–H and O–H groups in total. The lowest BCUT2D eigenvalue weighted by molar-refractivity contribution is 0.0602. The molecule has 0 spiro atoms. The minimum Gasteiger partial charge on any atom is -0.366 e. The number of hydrogen-bond donors (Lipinski definition) is 1. The lowest BCUT2D eigenvalue weighted by Crippen LogP contribution is -2.43. The van der Waals surface area contributed by atoms with Gasteiger partial charge in [0.1, 0.15) is 0 Å². The van der Waals surface area contributed by atoms with Gasteiger partial charge in [-0.05, 0) is 36.5 Å². The number of likely N-dealkylation sites (tertiary alicyclic amines) is 1. The molecule has 2 atom stereocenters. The molecule has 1 heterocycles. The number of carbonyl (C=O) groups excluding carboxylic acids is 2. The van der Waals surface area contributed by atoms with Gasteiger partial charge >= 0.3 is 0 Å². The van der Waals surface area contributed by atoms with Crippen molar-refractivity contribution in [3.8, 4) is 0 Å². The molecular weight excluding hydrogens is 332 g/mol. The summed E-state index contributed by atoms with van der Waals surface area (Å²) in [5.74, 6) is 0.344. The number of carbonyl (C=O) groups is 2. The smallest absolute Gasteiger partial charge is 0.254 e. The molecule has 1 fully saturated rings. The highest BCUT2D eigenvalue weighted by atomic mass is 79.9. The maximum absolute atomic E-state index is 12.8. The average molecular weight is 353 g/mol. The van der Waals surface area contributed by atoms with Gasteiger partial charge in [0.25, 0.3) is 5.91 Å². The van der Waals surface area contributed by atoms with E-state index in [1.54, 1.807) is 18.2 Å². The summed E-state index contributed by atoms with van der Waals surface area (Å²) in [4.78, 5) is 26.2. The van der Waals surface area contributed by atoms with Crippen molar-refractivity contribution in [1.82, 2.24) is 4.90 Å². The SMILES string of the molecule is CCC1CC(C)CN(C(=O)c2cc(Br)ccc2C(N)=O)C1. The van der Waals surface area contributed by atoms with E-state index in [0.29, 0.717) is 17.4 Å². The molecule has 0 aromatic heterocycles. The largest absolute Gasteiger partial charge is 0.366 e. The van der Waals surface area contributed by atoms with Gasteiger partial charge < -0.3 is 10.6 Å². The van der Waals surface area contributed by atoms with Crippen LogP contribution in [0.1, 0.15) is 47.4 Å². The van der Waals surface area contributed by atoms with Crippen molar-refractivity contribution >= 4 is 27.7 Å². The first-order valence-corrected chi connectivity index (χ1v) is 8.10. The topological polar surface area (TPSA) is 63.4 Å². The Morgan fingerprint density at radius 3 is 2.67 bits per heavy atom. The molecule has 21 heavy (non-hydrogen) atoms. The van der Waals surface area contributed by atoms with Crippen molar-refractivity contribution < 1.29 is 9.59 Å². The normalized spacial score (nSPS) is 22.1. The lowest BCUT2D eigenvalue weighted by atomic mass is 9.88. The number of benzene rings is 1. The quantitative estimate of drug-likeness (QED) is 0.908. The zero-order valence-electron chi connectivity index (χ0n) is 12.4. The summed E-state index contributed by atoms with van der Waals surface area (Å²) in [6.07, 6.45) is 2.22. The Morgan fingerprint density at radius 2 is 2.05 bits per heavy atom. The first kappa shape index (κ1) is 16.0. The van der Waals surface area contributed by atoms with Gasteiger partial charge in [-0.3, -0.25) is 9.59 Å². The fraction of sp³-hybridized carbons (Fsp3) is 0.500. The molecule has 2 rings (SSSR count). The van der Waals surface area contributed by atoms with E-state index in [0.717, 1.165) is 30.4 Å². The number of halogens is 1. The summed E-state index contributed by atoms with van der Waals surface area (Å²) in [7, 11) is 0. The van der Waals surface area contributed by atoms with Crippen LogP contribution < -0.4 is 5.73 Å². The minimum atomic E-state index is -0.567. The second-order valence-corrected chi connectivity index (χ2v) is 6.80. The first-order chi connectivity index (χ1) is 9.92. The van der Waals surface area contributed by atoms with Gasteiger partial charge in [0.05, 0.1) is 11.1 Å². The highest BCUT2D eigenvalue weighted by molar-refractivity contribution is 9.10. The molecule has 2 amide bonds. The molecule has 5 heteroatoms. The van der Waals surface area contributed by atoms with E-state index in [4.69, 9.17) is 5.73 Å². The minimum absolute atomic E-state index is 0.102. The molecule has 0 saturated carbocycles. The van der Waals surface area contributed by atoms with E-state index in [9.17, 15) is 9.59 Å². The van der Waals surface area contributed by atoms with E-state index in [1.165, 1.54) is 0 Å². The van der Waals surface area contributed by atoms with Crippen molar-refractivity contribution in [1.29, 1.82) is 0 Å². The molecule has 1 aliphatic heterocycles. The number of nitrogens with two attached hydrogens (primary N) is 1. The van der Waals surface area contributed by atoms with Crippen LogP contribution in [0.15, 0.2) is 22.7 Å². The molecule has 0 aliphatic carbocycles. The second-order valence-electron chi connectivity index (χ2n) is 5.88. The van der Waals surface area contributed by atoms with Gasteiger partial charge in [-0.2, -0.15) is 0 Å². The first-order valence-electron chi connectivity index (χ1n) is 7.31. The maximum Gasteiger partial charge on any atom is 0.254 e. The molecule has 4 nitrogen and oxygen atoms in total. The van der Waals surface area contributed by atoms with E-state index in [1.807, 2.05) is 4.90 Å². The molecule has 2 unspecified atom stereocenters. The predicted octanol–water partition coefficient (Wildman–Crippen LogP) is 3.06. The van der Waals surface area contributed by atoms with E-state index in [2.05, 4.69) is 29.8 Å². The number of hydrogen-bond acceptors (Lipinski definition) is 2. The van der Waals surface area contributed by atoms with Crippen molar-refractivity contribution in [3.05, 3.63) is 33.8 Å². The van der Waals surface area contributed by atoms with Crippen LogP contribution in [-0.4, -0.2) is 29.8 Å². The Morgan fingerprint density at radius 1 is 1.33 bits per heavy atom. The van der Waals surface area contributed by atoms with Crippen LogP contribution in [-0.2, 0) is 0 Å². The molecule has 1 aromatic carbocycles. The molecule has 0 radical (unpaired) electrons. The standard InChI is InChI=1S/C16H21BrN2O2/c1-3-11-6-10(2)8-19(9-11)16(21)14-7-12(17)4-5-13(14)15(18)20/h4-5,7,10-11H,3,6,8-9H2,1-2H3,(H2,18,20). The van der Waals surface area contributed by atoms with Gasteiger partial charge in [-0.15, -0.1) is 0 Å². The van der Waals surface area contributed by atoms with E-state index in [-0.39, 0.29) is 11.5 Å². The monoisotopic (exact) mass is 352 g/mol. The van der Waals surface area contributed by atoms with Gasteiger partial charge in [0.2, 0.25) is 5.91 Å². The highest BCUT2D eigenvalue weighted by Gasteiger charge is 2.29. The maximum atomic E-state index is 12.8. The molecule has 1 aliphatic rings. The fourth-order valence-electron chi connectivity index (χ4n) is 3.02. The second kappa shape index (κ2) is 6.60. The number of rotatable bonds is 3. The number of primary amides is 1. The van der Waals surface area contributed by atoms with Crippen LogP contribution in [0.3, 0.4) is 0 Å². The predicted molar refractivity (Wildman–Crippen MR) is 86.1 cm³/mol. The number of amides is 2. The van der Waals surface area contributed by atoms with E-state index < -0.39 is 5.91 Å². The molecular formula is C16H21BrN2O2. The summed E-state index contributed by atoms with van der Waals surface area (Å²) in [6, 6.07) is 5.01. The van der Waals surface area contributed by atoms with Crippen LogP contribution in [0, 0.1) is 11.8 Å². The van der Waals surface area contributed by atoms with Crippen LogP contribution in [0.4, 0.5) is 0 Å². The molecule has 114 valence electrons. The Balaban J connectivity index is 2.31. The van der Waals surface area contributed by atoms with Crippen LogP contribution in [0.2, 0.25) is 0 Å². The third-order valence-corrected chi connectivity index (χ3v) is 4.58. The van der Waals surface area contributed by atoms with Crippen molar-refractivity contribution in [2.75, 3.05) is 13.1 Å². The van der Waals surface area contributed by atoms with Gasteiger partial charge in [-0.25, -0.2) is 0 Å². The summed E-state index contributed by atoms with van der Waals surface area (Å²) in [6.45, 7) is 5.81. The average Bonchev–Trinajstić information content (AvgIpc) is 2.45.